The van der Waals surface area contributed by atoms with Gasteiger partial charge in [0.1, 0.15) is 18.8 Å². The van der Waals surface area contributed by atoms with Crippen LogP contribution in [-0.4, -0.2) is 67.7 Å². The van der Waals surface area contributed by atoms with Crippen molar-refractivity contribution in [3.63, 3.8) is 0 Å². The molecule has 0 bridgehead atoms. The van der Waals surface area contributed by atoms with Gasteiger partial charge in [-0.1, -0.05) is 51.9 Å². The van der Waals surface area contributed by atoms with Crippen molar-refractivity contribution in [2.24, 2.45) is 0 Å². The van der Waals surface area contributed by atoms with Crippen LogP contribution in [0.3, 0.4) is 0 Å². The number of carbonyl (C=O) groups is 4. The smallest absolute Gasteiger partial charge is 0.303 e. The van der Waals surface area contributed by atoms with Crippen LogP contribution in [0.15, 0.2) is 0 Å². The maximum absolute atomic E-state index is 11.9. The van der Waals surface area contributed by atoms with Crippen molar-refractivity contribution in [3.05, 3.63) is 0 Å². The highest BCUT2D eigenvalue weighted by Gasteiger charge is 2.51. The van der Waals surface area contributed by atoms with E-state index >= 15 is 0 Å². The standard InChI is InChI=1S/C24H41NO9/c1-6-7-8-9-10-11-12-13-14-30-24-21(25-16(2)26)23(33-19(5)29)22(32-18(4)28)20(34-24)15-31-17(3)27/h20-24H,6-15H2,1-5H3,(H,25,26)/t20-,21-,22-,23-,24-/m0/s1. The number of nitrogens with one attached hydrogen (secondary N) is 1. The lowest BCUT2D eigenvalue weighted by Gasteiger charge is -2.44. The Hall–Kier alpha value is -2.20. The molecule has 0 aliphatic carbocycles. The molecule has 0 unspecified atom stereocenters. The first-order chi connectivity index (χ1) is 16.1. The summed E-state index contributed by atoms with van der Waals surface area (Å²) in [5, 5.41) is 2.69. The highest BCUT2D eigenvalue weighted by molar-refractivity contribution is 5.73. The number of unbranched alkanes of at least 4 members (excludes halogenated alkanes) is 7. The monoisotopic (exact) mass is 487 g/mol. The second-order valence-electron chi connectivity index (χ2n) is 8.57. The van der Waals surface area contributed by atoms with Gasteiger partial charge in [-0.15, -0.1) is 0 Å². The van der Waals surface area contributed by atoms with Crippen molar-refractivity contribution in [1.29, 1.82) is 0 Å². The van der Waals surface area contributed by atoms with Crippen LogP contribution in [0.4, 0.5) is 0 Å². The predicted molar refractivity (Wildman–Crippen MR) is 123 cm³/mol. The lowest BCUT2D eigenvalue weighted by atomic mass is 9.96. The van der Waals surface area contributed by atoms with Gasteiger partial charge in [-0.05, 0) is 6.42 Å². The second-order valence-corrected chi connectivity index (χ2v) is 8.57. The summed E-state index contributed by atoms with van der Waals surface area (Å²) in [7, 11) is 0. The number of esters is 3. The predicted octanol–water partition coefficient (Wildman–Crippen LogP) is 2.80. The average molecular weight is 488 g/mol. The van der Waals surface area contributed by atoms with E-state index in [1.54, 1.807) is 0 Å². The van der Waals surface area contributed by atoms with Crippen LogP contribution in [0.2, 0.25) is 0 Å². The van der Waals surface area contributed by atoms with Gasteiger partial charge in [0, 0.05) is 34.3 Å². The van der Waals surface area contributed by atoms with Crippen molar-refractivity contribution in [1.82, 2.24) is 5.32 Å². The molecule has 1 aliphatic rings. The summed E-state index contributed by atoms with van der Waals surface area (Å²) in [5.74, 6) is -2.22. The van der Waals surface area contributed by atoms with E-state index in [9.17, 15) is 19.2 Å². The molecule has 196 valence electrons. The first-order valence-electron chi connectivity index (χ1n) is 12.2. The van der Waals surface area contributed by atoms with Crippen LogP contribution >= 0.6 is 0 Å². The number of amides is 1. The summed E-state index contributed by atoms with van der Waals surface area (Å²) in [5.41, 5.74) is 0. The molecule has 0 saturated carbocycles. The van der Waals surface area contributed by atoms with Crippen LogP contribution in [0.25, 0.3) is 0 Å². The first kappa shape index (κ1) is 29.8. The summed E-state index contributed by atoms with van der Waals surface area (Å²) in [6, 6.07) is -0.923. The number of rotatable bonds is 15. The molecular weight excluding hydrogens is 446 g/mol. The van der Waals surface area contributed by atoms with Gasteiger partial charge >= 0.3 is 17.9 Å². The van der Waals surface area contributed by atoms with E-state index in [-0.39, 0.29) is 6.61 Å². The third-order valence-electron chi connectivity index (χ3n) is 5.35. The molecule has 1 aliphatic heterocycles. The van der Waals surface area contributed by atoms with Crippen molar-refractivity contribution >= 4 is 23.8 Å². The summed E-state index contributed by atoms with van der Waals surface area (Å²) in [6.07, 6.45) is 4.88. The molecule has 0 spiro atoms. The van der Waals surface area contributed by atoms with Crippen molar-refractivity contribution < 1.29 is 42.9 Å². The van der Waals surface area contributed by atoms with Crippen molar-refractivity contribution in [2.75, 3.05) is 13.2 Å². The maximum atomic E-state index is 11.9. The summed E-state index contributed by atoms with van der Waals surface area (Å²) in [4.78, 5) is 46.8. The maximum Gasteiger partial charge on any atom is 0.303 e. The van der Waals surface area contributed by atoms with Crippen molar-refractivity contribution in [3.8, 4) is 0 Å². The lowest BCUT2D eigenvalue weighted by Crippen LogP contribution is -2.66. The highest BCUT2D eigenvalue weighted by atomic mass is 16.7. The number of carbonyl (C=O) groups excluding carboxylic acids is 4. The molecule has 10 heteroatoms. The minimum absolute atomic E-state index is 0.241. The van der Waals surface area contributed by atoms with E-state index in [2.05, 4.69) is 12.2 Å². The fourth-order valence-electron chi connectivity index (χ4n) is 3.87. The molecule has 1 amide bonds. The Labute approximate surface area is 202 Å². The molecule has 1 heterocycles. The van der Waals surface area contributed by atoms with E-state index in [1.165, 1.54) is 59.8 Å². The normalized spacial score (nSPS) is 24.2. The van der Waals surface area contributed by atoms with Gasteiger partial charge in [0.2, 0.25) is 5.91 Å². The quantitative estimate of drug-likeness (QED) is 0.211. The summed E-state index contributed by atoms with van der Waals surface area (Å²) >= 11 is 0. The van der Waals surface area contributed by atoms with Gasteiger partial charge in [-0.25, -0.2) is 0 Å². The zero-order chi connectivity index (χ0) is 25.5. The van der Waals surface area contributed by atoms with Gasteiger partial charge < -0.3 is 29.0 Å². The Balaban J connectivity index is 2.89. The van der Waals surface area contributed by atoms with Crippen LogP contribution in [0.5, 0.6) is 0 Å². The lowest BCUT2D eigenvalue weighted by molar-refractivity contribution is -0.277. The Morgan fingerprint density at radius 1 is 0.765 bits per heavy atom. The minimum atomic E-state index is -1.11. The number of hydrogen-bond acceptors (Lipinski definition) is 9. The Kier molecular flexibility index (Phi) is 14.4. The molecular formula is C24H41NO9. The Morgan fingerprint density at radius 3 is 1.85 bits per heavy atom. The molecule has 0 aromatic heterocycles. The number of hydrogen-bond donors (Lipinski definition) is 1. The molecule has 34 heavy (non-hydrogen) atoms. The van der Waals surface area contributed by atoms with Crippen LogP contribution in [0.1, 0.15) is 86.0 Å². The molecule has 0 radical (unpaired) electrons. The molecule has 1 saturated heterocycles. The Morgan fingerprint density at radius 2 is 1.32 bits per heavy atom. The minimum Gasteiger partial charge on any atom is -0.463 e. The highest BCUT2D eigenvalue weighted by Crippen LogP contribution is 2.28. The third kappa shape index (κ3) is 11.8. The van der Waals surface area contributed by atoms with Gasteiger partial charge in [0.25, 0.3) is 0 Å². The van der Waals surface area contributed by atoms with E-state index < -0.39 is 54.5 Å². The van der Waals surface area contributed by atoms with E-state index in [1.807, 2.05) is 0 Å². The zero-order valence-electron chi connectivity index (χ0n) is 21.1. The van der Waals surface area contributed by atoms with Crippen molar-refractivity contribution in [2.45, 2.75) is 117 Å². The summed E-state index contributed by atoms with van der Waals surface area (Å²) in [6.45, 7) is 7.27. The zero-order valence-corrected chi connectivity index (χ0v) is 21.1. The fraction of sp³-hybridized carbons (Fsp3) is 0.833. The first-order valence-corrected chi connectivity index (χ1v) is 12.2. The van der Waals surface area contributed by atoms with Crippen LogP contribution in [0, 0.1) is 0 Å². The van der Waals surface area contributed by atoms with Crippen LogP contribution < -0.4 is 5.32 Å². The molecule has 1 fully saturated rings. The molecule has 1 N–H and O–H groups in total. The third-order valence-corrected chi connectivity index (χ3v) is 5.35. The fourth-order valence-corrected chi connectivity index (χ4v) is 3.87. The van der Waals surface area contributed by atoms with Gasteiger partial charge in [0.15, 0.2) is 18.5 Å². The second kappa shape index (κ2) is 16.4. The van der Waals surface area contributed by atoms with E-state index in [0.29, 0.717) is 6.61 Å². The molecule has 1 rings (SSSR count). The largest absolute Gasteiger partial charge is 0.463 e. The van der Waals surface area contributed by atoms with Gasteiger partial charge in [0.05, 0.1) is 0 Å². The Bertz CT molecular complexity index is 654. The average Bonchev–Trinajstić information content (AvgIpc) is 2.74. The van der Waals surface area contributed by atoms with E-state index in [0.717, 1.165) is 19.3 Å². The topological polar surface area (TPSA) is 126 Å². The summed E-state index contributed by atoms with van der Waals surface area (Å²) < 4.78 is 27.8. The van der Waals surface area contributed by atoms with E-state index in [4.69, 9.17) is 23.7 Å². The number of ether oxygens (including phenoxy) is 5. The molecule has 0 aromatic rings. The molecule has 10 nitrogen and oxygen atoms in total. The van der Waals surface area contributed by atoms with Gasteiger partial charge in [-0.2, -0.15) is 0 Å². The molecule has 5 atom stereocenters. The SMILES string of the molecule is CCCCCCCCCCO[C@H]1O[C@@H](COC(C)=O)[C@H](OC(C)=O)[C@@H](OC(C)=O)[C@@H]1NC(C)=O. The van der Waals surface area contributed by atoms with Crippen LogP contribution in [-0.2, 0) is 42.9 Å². The van der Waals surface area contributed by atoms with Gasteiger partial charge in [-0.3, -0.25) is 19.2 Å². The molecule has 0 aromatic carbocycles.